The highest BCUT2D eigenvalue weighted by Crippen LogP contribution is 2.40. The summed E-state index contributed by atoms with van der Waals surface area (Å²) in [5.41, 5.74) is 2.01. The van der Waals surface area contributed by atoms with E-state index in [1.54, 1.807) is 32.0 Å². The average Bonchev–Trinajstić information content (AvgIpc) is 3.21. The highest BCUT2D eigenvalue weighted by molar-refractivity contribution is 5.68. The normalized spacial score (nSPS) is 17.1. The molecule has 1 aliphatic carbocycles. The molecule has 2 atom stereocenters. The molecule has 0 saturated carbocycles. The molecule has 0 saturated heterocycles. The lowest BCUT2D eigenvalue weighted by molar-refractivity contribution is -0.137. The third-order valence-corrected chi connectivity index (χ3v) is 6.82. The van der Waals surface area contributed by atoms with Gasteiger partial charge in [-0.15, -0.1) is 0 Å². The second kappa shape index (κ2) is 10.6. The molecule has 198 valence electrons. The van der Waals surface area contributed by atoms with Crippen LogP contribution in [0.15, 0.2) is 47.3 Å². The maximum absolute atomic E-state index is 14.1. The first kappa shape index (κ1) is 26.7. The van der Waals surface area contributed by atoms with Crippen molar-refractivity contribution in [3.63, 3.8) is 0 Å². The van der Waals surface area contributed by atoms with E-state index < -0.39 is 17.3 Å². The lowest BCUT2D eigenvalue weighted by atomic mass is 10.0. The summed E-state index contributed by atoms with van der Waals surface area (Å²) in [6, 6.07) is 11.8. The first-order valence-electron chi connectivity index (χ1n) is 12.6. The van der Waals surface area contributed by atoms with Crippen LogP contribution >= 0.6 is 0 Å². The molecule has 9 heteroatoms. The average molecular weight is 515 g/mol. The summed E-state index contributed by atoms with van der Waals surface area (Å²) in [6.07, 6.45) is -3.69. The van der Waals surface area contributed by atoms with Crippen molar-refractivity contribution < 1.29 is 17.9 Å². The van der Waals surface area contributed by atoms with Crippen molar-refractivity contribution >= 4 is 11.4 Å². The standard InChI is InChI=1S/C28H33F3N4O2/c1-6-22-25(33-24-19-12-10-9-11-17(19)15-23(24)37-8-3)27(36)35(7-2)26(32-22)20-14-13-18(34(4)5)16-21(20)28(29,30)31/h9-14,16,23-24,33H,6-8,15H2,1-5H3/t23-,24+/m0/s1. The first-order chi connectivity index (χ1) is 17.6. The molecular weight excluding hydrogens is 481 g/mol. The third kappa shape index (κ3) is 5.09. The Morgan fingerprint density at radius 3 is 2.49 bits per heavy atom. The number of alkyl halides is 3. The first-order valence-corrected chi connectivity index (χ1v) is 12.6. The molecule has 1 aromatic heterocycles. The molecule has 0 radical (unpaired) electrons. The predicted octanol–water partition coefficient (Wildman–Crippen LogP) is 5.69. The summed E-state index contributed by atoms with van der Waals surface area (Å²) < 4.78 is 49.7. The van der Waals surface area contributed by atoms with Gasteiger partial charge in [0, 0.05) is 44.9 Å². The molecule has 0 fully saturated rings. The lowest BCUT2D eigenvalue weighted by Crippen LogP contribution is -2.32. The molecule has 6 nitrogen and oxygen atoms in total. The molecular formula is C28H33F3N4O2. The van der Waals surface area contributed by atoms with Gasteiger partial charge in [-0.2, -0.15) is 13.2 Å². The summed E-state index contributed by atoms with van der Waals surface area (Å²) in [7, 11) is 3.36. The van der Waals surface area contributed by atoms with Crippen LogP contribution in [0.5, 0.6) is 0 Å². The van der Waals surface area contributed by atoms with E-state index in [2.05, 4.69) is 10.3 Å². The van der Waals surface area contributed by atoms with Crippen LogP contribution in [0, 0.1) is 0 Å². The van der Waals surface area contributed by atoms with Crippen LogP contribution in [-0.4, -0.2) is 36.4 Å². The maximum Gasteiger partial charge on any atom is 0.417 e. The molecule has 37 heavy (non-hydrogen) atoms. The minimum atomic E-state index is -4.61. The van der Waals surface area contributed by atoms with Crippen molar-refractivity contribution in [2.75, 3.05) is 30.9 Å². The van der Waals surface area contributed by atoms with E-state index in [-0.39, 0.29) is 30.1 Å². The zero-order valence-corrected chi connectivity index (χ0v) is 21.8. The number of nitrogens with zero attached hydrogens (tertiary/aromatic N) is 3. The Morgan fingerprint density at radius 1 is 1.14 bits per heavy atom. The molecule has 3 aromatic rings. The van der Waals surface area contributed by atoms with Gasteiger partial charge in [0.05, 0.1) is 23.4 Å². The van der Waals surface area contributed by atoms with Crippen molar-refractivity contribution in [2.24, 2.45) is 0 Å². The van der Waals surface area contributed by atoms with Gasteiger partial charge < -0.3 is 15.0 Å². The highest BCUT2D eigenvalue weighted by Gasteiger charge is 2.37. The van der Waals surface area contributed by atoms with Gasteiger partial charge in [-0.1, -0.05) is 31.2 Å². The predicted molar refractivity (Wildman–Crippen MR) is 140 cm³/mol. The molecule has 1 heterocycles. The molecule has 0 aliphatic heterocycles. The topological polar surface area (TPSA) is 59.4 Å². The minimum absolute atomic E-state index is 0.0145. The fraction of sp³-hybridized carbons (Fsp3) is 0.429. The quantitative estimate of drug-likeness (QED) is 0.419. The van der Waals surface area contributed by atoms with Gasteiger partial charge in [-0.05, 0) is 49.6 Å². The number of rotatable bonds is 8. The summed E-state index contributed by atoms with van der Waals surface area (Å²) in [4.78, 5) is 20.1. The monoisotopic (exact) mass is 514 g/mol. The van der Waals surface area contributed by atoms with Crippen LogP contribution in [0.25, 0.3) is 11.4 Å². The SMILES string of the molecule is CCO[C@H]1Cc2ccccc2[C@H]1Nc1c(CC)nc(-c2ccc(N(C)C)cc2C(F)(F)F)n(CC)c1=O. The number of aryl methyl sites for hydroxylation is 1. The van der Waals surface area contributed by atoms with Gasteiger partial charge in [0.15, 0.2) is 0 Å². The Kier molecular flexibility index (Phi) is 7.64. The number of nitrogens with one attached hydrogen (secondary N) is 1. The Hall–Kier alpha value is -3.33. The molecule has 0 amide bonds. The van der Waals surface area contributed by atoms with Gasteiger partial charge in [0.1, 0.15) is 11.5 Å². The second-order valence-electron chi connectivity index (χ2n) is 9.30. The van der Waals surface area contributed by atoms with E-state index in [9.17, 15) is 18.0 Å². The number of fused-ring (bicyclic) bond motifs is 1. The lowest BCUT2D eigenvalue weighted by Gasteiger charge is -2.25. The number of halogens is 3. The van der Waals surface area contributed by atoms with Crippen molar-refractivity contribution in [1.82, 2.24) is 9.55 Å². The zero-order valence-electron chi connectivity index (χ0n) is 21.8. The zero-order chi connectivity index (χ0) is 26.9. The highest BCUT2D eigenvalue weighted by atomic mass is 19.4. The van der Waals surface area contributed by atoms with Gasteiger partial charge in [-0.3, -0.25) is 9.36 Å². The Balaban J connectivity index is 1.87. The summed E-state index contributed by atoms with van der Waals surface area (Å²) in [6.45, 7) is 6.20. The van der Waals surface area contributed by atoms with E-state index in [1.807, 2.05) is 38.1 Å². The van der Waals surface area contributed by atoms with Crippen molar-refractivity contribution in [2.45, 2.75) is 58.5 Å². The Morgan fingerprint density at radius 2 is 1.86 bits per heavy atom. The van der Waals surface area contributed by atoms with Crippen LogP contribution in [0.1, 0.15) is 49.2 Å². The third-order valence-electron chi connectivity index (χ3n) is 6.82. The van der Waals surface area contributed by atoms with Crippen molar-refractivity contribution in [3.8, 4) is 11.4 Å². The summed E-state index contributed by atoms with van der Waals surface area (Å²) in [5.74, 6) is 0.0145. The number of benzene rings is 2. The number of ether oxygens (including phenoxy) is 1. The van der Waals surface area contributed by atoms with Crippen LogP contribution in [-0.2, 0) is 30.3 Å². The summed E-state index contributed by atoms with van der Waals surface area (Å²) >= 11 is 0. The smallest absolute Gasteiger partial charge is 0.378 e. The van der Waals surface area contributed by atoms with Gasteiger partial charge >= 0.3 is 6.18 Å². The van der Waals surface area contributed by atoms with Crippen molar-refractivity contribution in [1.29, 1.82) is 0 Å². The van der Waals surface area contributed by atoms with Crippen LogP contribution in [0.2, 0.25) is 0 Å². The van der Waals surface area contributed by atoms with E-state index in [0.29, 0.717) is 36.5 Å². The fourth-order valence-corrected chi connectivity index (χ4v) is 4.99. The molecule has 0 unspecified atom stereocenters. The number of aromatic nitrogens is 2. The molecule has 4 rings (SSSR count). The van der Waals surface area contributed by atoms with Crippen LogP contribution in [0.3, 0.4) is 0 Å². The summed E-state index contributed by atoms with van der Waals surface area (Å²) in [5, 5.41) is 3.39. The minimum Gasteiger partial charge on any atom is -0.378 e. The number of hydrogen-bond acceptors (Lipinski definition) is 5. The molecule has 1 N–H and O–H groups in total. The molecule has 0 bridgehead atoms. The van der Waals surface area contributed by atoms with E-state index >= 15 is 0 Å². The van der Waals surface area contributed by atoms with Crippen LogP contribution in [0.4, 0.5) is 24.5 Å². The van der Waals surface area contributed by atoms with E-state index in [0.717, 1.165) is 17.2 Å². The maximum atomic E-state index is 14.1. The second-order valence-corrected chi connectivity index (χ2v) is 9.30. The van der Waals surface area contributed by atoms with E-state index in [1.165, 1.54) is 10.6 Å². The molecule has 2 aromatic carbocycles. The van der Waals surface area contributed by atoms with Gasteiger partial charge in [-0.25, -0.2) is 4.98 Å². The van der Waals surface area contributed by atoms with Gasteiger partial charge in [0.25, 0.3) is 5.56 Å². The van der Waals surface area contributed by atoms with Crippen molar-refractivity contribution in [3.05, 3.63) is 75.2 Å². The Labute approximate surface area is 215 Å². The molecule has 1 aliphatic rings. The fourth-order valence-electron chi connectivity index (χ4n) is 4.99. The largest absolute Gasteiger partial charge is 0.417 e. The Bertz CT molecular complexity index is 1330. The number of hydrogen-bond donors (Lipinski definition) is 1. The number of anilines is 2. The molecule has 0 spiro atoms. The van der Waals surface area contributed by atoms with Crippen LogP contribution < -0.4 is 15.8 Å². The van der Waals surface area contributed by atoms with E-state index in [4.69, 9.17) is 4.74 Å². The van der Waals surface area contributed by atoms with Gasteiger partial charge in [0.2, 0.25) is 0 Å².